The van der Waals surface area contributed by atoms with Crippen LogP contribution in [-0.2, 0) is 6.54 Å². The molecule has 116 valence electrons. The summed E-state index contributed by atoms with van der Waals surface area (Å²) in [5.74, 6) is 0.856. The van der Waals surface area contributed by atoms with E-state index in [0.29, 0.717) is 13.0 Å². The lowest BCUT2D eigenvalue weighted by Crippen LogP contribution is -2.18. The van der Waals surface area contributed by atoms with Crippen molar-refractivity contribution in [3.63, 3.8) is 0 Å². The van der Waals surface area contributed by atoms with Crippen LogP contribution in [0.2, 0.25) is 0 Å². The second-order valence-corrected chi connectivity index (χ2v) is 6.08. The third-order valence-corrected chi connectivity index (χ3v) is 4.36. The summed E-state index contributed by atoms with van der Waals surface area (Å²) in [5, 5.41) is 15.2. The summed E-state index contributed by atoms with van der Waals surface area (Å²) in [6.07, 6.45) is 1.30. The molecule has 2 aromatic rings. The van der Waals surface area contributed by atoms with Gasteiger partial charge in [-0.3, -0.25) is 0 Å². The van der Waals surface area contributed by atoms with Gasteiger partial charge in [-0.25, -0.2) is 4.98 Å². The van der Waals surface area contributed by atoms with E-state index in [9.17, 15) is 0 Å². The van der Waals surface area contributed by atoms with E-state index in [2.05, 4.69) is 34.7 Å². The molecule has 1 atom stereocenters. The van der Waals surface area contributed by atoms with Crippen LogP contribution in [0, 0.1) is 18.3 Å². The Balaban J connectivity index is 1.83. The number of benzene rings is 1. The quantitative estimate of drug-likeness (QED) is 0.748. The molecular weight excluding hydrogens is 294 g/mol. The Labute approximate surface area is 135 Å². The van der Waals surface area contributed by atoms with Gasteiger partial charge in [-0.15, -0.1) is 11.3 Å². The normalized spacial score (nSPS) is 11.9. The van der Waals surface area contributed by atoms with Gasteiger partial charge in [-0.2, -0.15) is 5.26 Å². The average Bonchev–Trinajstić information content (AvgIpc) is 2.96. The minimum atomic E-state index is 0.235. The number of nitrogens with one attached hydrogen (secondary N) is 1. The molecule has 0 fully saturated rings. The van der Waals surface area contributed by atoms with Gasteiger partial charge in [0.2, 0.25) is 0 Å². The Morgan fingerprint density at radius 1 is 1.45 bits per heavy atom. The molecule has 0 radical (unpaired) electrons. The number of thiazole rings is 1. The number of nitrogens with zero attached hydrogens (tertiary/aromatic N) is 2. The Bertz CT molecular complexity index is 633. The third kappa shape index (κ3) is 5.14. The van der Waals surface area contributed by atoms with E-state index >= 15 is 0 Å². The highest BCUT2D eigenvalue weighted by molar-refractivity contribution is 7.09. The van der Waals surface area contributed by atoms with Gasteiger partial charge in [0.05, 0.1) is 18.7 Å². The second-order valence-electron chi connectivity index (χ2n) is 5.19. The number of aryl methyl sites for hydroxylation is 1. The molecule has 1 unspecified atom stereocenters. The van der Waals surface area contributed by atoms with E-state index in [0.717, 1.165) is 29.4 Å². The van der Waals surface area contributed by atoms with Gasteiger partial charge in [-0.05, 0) is 38.0 Å². The Morgan fingerprint density at radius 2 is 2.32 bits per heavy atom. The first-order chi connectivity index (χ1) is 10.7. The Morgan fingerprint density at radius 3 is 3.05 bits per heavy atom. The molecule has 1 N–H and O–H groups in total. The number of hydrogen-bond acceptors (Lipinski definition) is 5. The number of nitriles is 1. The summed E-state index contributed by atoms with van der Waals surface area (Å²) >= 11 is 1.69. The van der Waals surface area contributed by atoms with Crippen molar-refractivity contribution in [3.8, 4) is 11.8 Å². The van der Waals surface area contributed by atoms with Gasteiger partial charge >= 0.3 is 0 Å². The van der Waals surface area contributed by atoms with Gasteiger partial charge in [0.25, 0.3) is 0 Å². The second kappa shape index (κ2) is 8.52. The molecule has 0 spiro atoms. The zero-order chi connectivity index (χ0) is 15.8. The molecule has 5 heteroatoms. The zero-order valence-electron chi connectivity index (χ0n) is 13.0. The fraction of sp³-hybridized carbons (Fsp3) is 0.412. The van der Waals surface area contributed by atoms with Crippen LogP contribution in [0.3, 0.4) is 0 Å². The summed E-state index contributed by atoms with van der Waals surface area (Å²) in [6.45, 7) is 5.49. The van der Waals surface area contributed by atoms with E-state index in [1.165, 1.54) is 5.56 Å². The summed E-state index contributed by atoms with van der Waals surface area (Å²) in [4.78, 5) is 4.50. The van der Waals surface area contributed by atoms with Gasteiger partial charge in [0.1, 0.15) is 10.8 Å². The van der Waals surface area contributed by atoms with E-state index in [4.69, 9.17) is 10.00 Å². The molecule has 0 amide bonds. The lowest BCUT2D eigenvalue weighted by atomic mass is 10.2. The molecule has 0 bridgehead atoms. The molecular formula is C17H21N3OS. The van der Waals surface area contributed by atoms with E-state index in [1.54, 1.807) is 11.3 Å². The van der Waals surface area contributed by atoms with Crippen molar-refractivity contribution in [1.29, 1.82) is 5.26 Å². The van der Waals surface area contributed by atoms with Gasteiger partial charge in [-0.1, -0.05) is 12.1 Å². The minimum Gasteiger partial charge on any atom is -0.494 e. The largest absolute Gasteiger partial charge is 0.494 e. The minimum absolute atomic E-state index is 0.235. The molecule has 22 heavy (non-hydrogen) atoms. The Hall–Kier alpha value is -1.90. The molecule has 1 aromatic heterocycles. The summed E-state index contributed by atoms with van der Waals surface area (Å²) in [6, 6.07) is 10.4. The molecule has 0 saturated carbocycles. The molecule has 0 aliphatic rings. The van der Waals surface area contributed by atoms with Crippen LogP contribution in [0.5, 0.6) is 5.75 Å². The predicted octanol–water partition coefficient (Wildman–Crippen LogP) is 3.98. The van der Waals surface area contributed by atoms with E-state index < -0.39 is 0 Å². The fourth-order valence-electron chi connectivity index (χ4n) is 2.02. The third-order valence-electron chi connectivity index (χ3n) is 3.22. The van der Waals surface area contributed by atoms with E-state index in [1.807, 2.05) is 25.1 Å². The number of ether oxygens (including phenoxy) is 1. The zero-order valence-corrected chi connectivity index (χ0v) is 13.8. The maximum absolute atomic E-state index is 8.51. The van der Waals surface area contributed by atoms with Crippen LogP contribution < -0.4 is 10.1 Å². The lowest BCUT2D eigenvalue weighted by molar-refractivity contribution is 0.312. The van der Waals surface area contributed by atoms with Crippen molar-refractivity contribution in [3.05, 3.63) is 45.9 Å². The summed E-state index contributed by atoms with van der Waals surface area (Å²) < 4.78 is 5.65. The van der Waals surface area contributed by atoms with Crippen LogP contribution in [0.1, 0.15) is 42.1 Å². The van der Waals surface area contributed by atoms with Gasteiger partial charge in [0, 0.05) is 24.0 Å². The van der Waals surface area contributed by atoms with E-state index in [-0.39, 0.29) is 6.04 Å². The number of aromatic nitrogens is 1. The van der Waals surface area contributed by atoms with Crippen molar-refractivity contribution in [2.24, 2.45) is 0 Å². The first-order valence-corrected chi connectivity index (χ1v) is 8.31. The molecule has 0 aliphatic carbocycles. The first kappa shape index (κ1) is 16.5. The van der Waals surface area contributed by atoms with Crippen LogP contribution in [-0.4, -0.2) is 11.6 Å². The standard InChI is InChI=1S/C17H21N3OS/c1-13-12-22-17(20-13)14(2)19-11-15-6-5-7-16(10-15)21-9-4-3-8-18/h5-7,10,12,14,19H,3-4,9,11H2,1-2H3. The predicted molar refractivity (Wildman–Crippen MR) is 88.9 cm³/mol. The van der Waals surface area contributed by atoms with Crippen molar-refractivity contribution in [1.82, 2.24) is 10.3 Å². The lowest BCUT2D eigenvalue weighted by Gasteiger charge is -2.12. The molecule has 0 aliphatic heterocycles. The van der Waals surface area contributed by atoms with Crippen molar-refractivity contribution >= 4 is 11.3 Å². The fourth-order valence-corrected chi connectivity index (χ4v) is 2.84. The first-order valence-electron chi connectivity index (χ1n) is 7.43. The highest BCUT2D eigenvalue weighted by atomic mass is 32.1. The molecule has 2 rings (SSSR count). The van der Waals surface area contributed by atoms with Gasteiger partial charge < -0.3 is 10.1 Å². The monoisotopic (exact) mass is 315 g/mol. The maximum atomic E-state index is 8.51. The number of unbranched alkanes of at least 4 members (excludes halogenated alkanes) is 1. The van der Waals surface area contributed by atoms with Crippen LogP contribution >= 0.6 is 11.3 Å². The van der Waals surface area contributed by atoms with Crippen LogP contribution in [0.15, 0.2) is 29.6 Å². The maximum Gasteiger partial charge on any atom is 0.119 e. The summed E-state index contributed by atoms with van der Waals surface area (Å²) in [7, 11) is 0. The van der Waals surface area contributed by atoms with Crippen molar-refractivity contribution in [2.45, 2.75) is 39.3 Å². The van der Waals surface area contributed by atoms with Crippen LogP contribution in [0.25, 0.3) is 0 Å². The topological polar surface area (TPSA) is 57.9 Å². The summed E-state index contributed by atoms with van der Waals surface area (Å²) in [5.41, 5.74) is 2.25. The van der Waals surface area contributed by atoms with Crippen LogP contribution in [0.4, 0.5) is 0 Å². The SMILES string of the molecule is Cc1csc(C(C)NCc2cccc(OCCCC#N)c2)n1. The average molecular weight is 315 g/mol. The Kier molecular flexibility index (Phi) is 6.38. The molecule has 1 aromatic carbocycles. The highest BCUT2D eigenvalue weighted by Gasteiger charge is 2.08. The van der Waals surface area contributed by atoms with Crippen molar-refractivity contribution < 1.29 is 4.74 Å². The molecule has 0 saturated heterocycles. The van der Waals surface area contributed by atoms with Gasteiger partial charge in [0.15, 0.2) is 0 Å². The van der Waals surface area contributed by atoms with Crippen molar-refractivity contribution in [2.75, 3.05) is 6.61 Å². The smallest absolute Gasteiger partial charge is 0.119 e. The molecule has 1 heterocycles. The highest BCUT2D eigenvalue weighted by Crippen LogP contribution is 2.19. The number of hydrogen-bond donors (Lipinski definition) is 1. The number of rotatable bonds is 8. The molecule has 4 nitrogen and oxygen atoms in total.